The number of pyridine rings is 1. The molecule has 1 aromatic heterocycles. The van der Waals surface area contributed by atoms with E-state index in [2.05, 4.69) is 10.3 Å². The molecule has 1 heterocycles. The van der Waals surface area contributed by atoms with Crippen molar-refractivity contribution in [1.29, 1.82) is 0 Å². The van der Waals surface area contributed by atoms with Gasteiger partial charge in [0.15, 0.2) is 0 Å². The molecule has 1 N–H and O–H groups in total. The van der Waals surface area contributed by atoms with Gasteiger partial charge in [0, 0.05) is 6.20 Å². The molecule has 6 heteroatoms. The van der Waals surface area contributed by atoms with Gasteiger partial charge in [0.05, 0.1) is 17.3 Å². The molecule has 0 fully saturated rings. The summed E-state index contributed by atoms with van der Waals surface area (Å²) < 4.78 is 32.7. The lowest BCUT2D eigenvalue weighted by Crippen LogP contribution is -2.34. The van der Waals surface area contributed by atoms with E-state index < -0.39 is 23.3 Å². The van der Waals surface area contributed by atoms with Gasteiger partial charge in [0.25, 0.3) is 0 Å². The Kier molecular flexibility index (Phi) is 5.17. The molecule has 1 atom stereocenters. The van der Waals surface area contributed by atoms with Gasteiger partial charge in [-0.15, -0.1) is 0 Å². The Bertz CT molecular complexity index is 705. The predicted molar refractivity (Wildman–Crippen MR) is 87.4 cm³/mol. The number of amides is 1. The zero-order chi connectivity index (χ0) is 17.9. The molecule has 2 rings (SSSR count). The fourth-order valence-corrected chi connectivity index (χ4v) is 2.12. The fourth-order valence-electron chi connectivity index (χ4n) is 2.12. The van der Waals surface area contributed by atoms with Crippen LogP contribution in [0.4, 0.5) is 13.6 Å². The average molecular weight is 334 g/mol. The Morgan fingerprint density at radius 3 is 2.29 bits per heavy atom. The van der Waals surface area contributed by atoms with Crippen LogP contribution in [0.5, 0.6) is 0 Å². The van der Waals surface area contributed by atoms with E-state index in [1.165, 1.54) is 30.5 Å². The quantitative estimate of drug-likeness (QED) is 0.891. The van der Waals surface area contributed by atoms with Crippen molar-refractivity contribution in [2.24, 2.45) is 0 Å². The minimum absolute atomic E-state index is 0.170. The summed E-state index contributed by atoms with van der Waals surface area (Å²) in [6.45, 7) is 7.09. The number of nitrogens with zero attached hydrogens (tertiary/aromatic N) is 1. The Morgan fingerprint density at radius 2 is 1.79 bits per heavy atom. The molecule has 0 saturated carbocycles. The van der Waals surface area contributed by atoms with Crippen LogP contribution in [-0.2, 0) is 4.74 Å². The summed E-state index contributed by atoms with van der Waals surface area (Å²) in [7, 11) is 0. The molecular formula is C18H20F2N2O2. The summed E-state index contributed by atoms with van der Waals surface area (Å²) in [5.41, 5.74) is 0.130. The Balaban J connectivity index is 2.13. The summed E-state index contributed by atoms with van der Waals surface area (Å²) in [6.07, 6.45) is 0.933. The molecule has 0 aliphatic rings. The molecule has 0 aliphatic heterocycles. The van der Waals surface area contributed by atoms with Crippen LogP contribution in [0.3, 0.4) is 0 Å². The maximum Gasteiger partial charge on any atom is 0.408 e. The first-order chi connectivity index (χ1) is 11.2. The highest BCUT2D eigenvalue weighted by atomic mass is 19.1. The molecule has 1 aromatic carbocycles. The van der Waals surface area contributed by atoms with Crippen molar-refractivity contribution < 1.29 is 18.3 Å². The normalized spacial score (nSPS) is 12.6. The maximum absolute atomic E-state index is 13.8. The van der Waals surface area contributed by atoms with Crippen LogP contribution in [0.2, 0.25) is 0 Å². The topological polar surface area (TPSA) is 51.2 Å². The summed E-state index contributed by atoms with van der Waals surface area (Å²) in [4.78, 5) is 15.9. The second-order valence-electron chi connectivity index (χ2n) is 6.44. The molecule has 0 radical (unpaired) electrons. The zero-order valence-electron chi connectivity index (χ0n) is 14.1. The highest BCUT2D eigenvalue weighted by Gasteiger charge is 2.19. The van der Waals surface area contributed by atoms with Crippen LogP contribution in [0.25, 0.3) is 11.3 Å². The minimum atomic E-state index is -0.671. The van der Waals surface area contributed by atoms with E-state index in [9.17, 15) is 13.6 Å². The van der Waals surface area contributed by atoms with Crippen molar-refractivity contribution in [2.75, 3.05) is 0 Å². The van der Waals surface area contributed by atoms with Gasteiger partial charge in [0.1, 0.15) is 17.2 Å². The first-order valence-corrected chi connectivity index (χ1v) is 7.57. The van der Waals surface area contributed by atoms with Gasteiger partial charge in [-0.1, -0.05) is 12.1 Å². The molecule has 0 aliphatic carbocycles. The lowest BCUT2D eigenvalue weighted by atomic mass is 10.1. The monoisotopic (exact) mass is 334 g/mol. The minimum Gasteiger partial charge on any atom is -0.444 e. The third-order valence-corrected chi connectivity index (χ3v) is 3.24. The SMILES string of the molecule is CC(NC(=O)OC(C)(C)C)c1ccc(-c2c(F)cccc2F)nc1. The smallest absolute Gasteiger partial charge is 0.408 e. The van der Waals surface area contributed by atoms with Gasteiger partial charge < -0.3 is 10.1 Å². The third kappa shape index (κ3) is 4.50. The number of ether oxygens (including phenoxy) is 1. The number of rotatable bonds is 3. The van der Waals surface area contributed by atoms with E-state index in [4.69, 9.17) is 4.74 Å². The number of nitrogens with one attached hydrogen (secondary N) is 1. The molecule has 0 bridgehead atoms. The van der Waals surface area contributed by atoms with E-state index >= 15 is 0 Å². The molecule has 1 amide bonds. The van der Waals surface area contributed by atoms with Gasteiger partial charge in [-0.3, -0.25) is 4.98 Å². The zero-order valence-corrected chi connectivity index (χ0v) is 14.1. The van der Waals surface area contributed by atoms with Crippen molar-refractivity contribution in [3.63, 3.8) is 0 Å². The standard InChI is InChI=1S/C18H20F2N2O2/c1-11(22-17(23)24-18(2,3)4)12-8-9-15(21-10-12)16-13(19)6-5-7-14(16)20/h5-11H,1-4H3,(H,22,23). The van der Waals surface area contributed by atoms with Crippen LogP contribution < -0.4 is 5.32 Å². The largest absolute Gasteiger partial charge is 0.444 e. The number of carbonyl (C=O) groups is 1. The second-order valence-corrected chi connectivity index (χ2v) is 6.44. The van der Waals surface area contributed by atoms with Crippen LogP contribution in [-0.4, -0.2) is 16.7 Å². The van der Waals surface area contributed by atoms with Gasteiger partial charge >= 0.3 is 6.09 Å². The van der Waals surface area contributed by atoms with E-state index in [1.807, 2.05) is 0 Å². The fraction of sp³-hybridized carbons (Fsp3) is 0.333. The van der Waals surface area contributed by atoms with Crippen molar-refractivity contribution in [3.8, 4) is 11.3 Å². The van der Waals surface area contributed by atoms with Crippen LogP contribution in [0, 0.1) is 11.6 Å². The number of hydrogen-bond donors (Lipinski definition) is 1. The number of alkyl carbamates (subject to hydrolysis) is 1. The average Bonchev–Trinajstić information content (AvgIpc) is 2.45. The number of hydrogen-bond acceptors (Lipinski definition) is 3. The van der Waals surface area contributed by atoms with Crippen molar-refractivity contribution in [2.45, 2.75) is 39.3 Å². The molecule has 1 unspecified atom stereocenters. The summed E-state index contributed by atoms with van der Waals surface area (Å²) in [6, 6.07) is 6.49. The first kappa shape index (κ1) is 17.8. The molecule has 128 valence electrons. The van der Waals surface area contributed by atoms with Crippen LogP contribution in [0.15, 0.2) is 36.5 Å². The van der Waals surface area contributed by atoms with Crippen molar-refractivity contribution >= 4 is 6.09 Å². The molecular weight excluding hydrogens is 314 g/mol. The first-order valence-electron chi connectivity index (χ1n) is 7.57. The molecule has 2 aromatic rings. The van der Waals surface area contributed by atoms with E-state index in [0.29, 0.717) is 5.56 Å². The van der Waals surface area contributed by atoms with E-state index in [0.717, 1.165) is 0 Å². The second kappa shape index (κ2) is 6.95. The lowest BCUT2D eigenvalue weighted by Gasteiger charge is -2.22. The maximum atomic E-state index is 13.8. The highest BCUT2D eigenvalue weighted by molar-refractivity contribution is 5.68. The number of aromatic nitrogens is 1. The van der Waals surface area contributed by atoms with Gasteiger partial charge in [0.2, 0.25) is 0 Å². The van der Waals surface area contributed by atoms with E-state index in [1.54, 1.807) is 33.8 Å². The Morgan fingerprint density at radius 1 is 1.17 bits per heavy atom. The predicted octanol–water partition coefficient (Wildman–Crippen LogP) is 4.61. The summed E-state index contributed by atoms with van der Waals surface area (Å²) >= 11 is 0. The lowest BCUT2D eigenvalue weighted by molar-refractivity contribution is 0.0508. The van der Waals surface area contributed by atoms with Crippen molar-refractivity contribution in [3.05, 3.63) is 53.7 Å². The molecule has 0 saturated heterocycles. The summed E-state index contributed by atoms with van der Waals surface area (Å²) in [5.74, 6) is -1.34. The van der Waals surface area contributed by atoms with E-state index in [-0.39, 0.29) is 17.3 Å². The molecule has 4 nitrogen and oxygen atoms in total. The van der Waals surface area contributed by atoms with Crippen LogP contribution >= 0.6 is 0 Å². The third-order valence-electron chi connectivity index (χ3n) is 3.24. The van der Waals surface area contributed by atoms with Gasteiger partial charge in [-0.25, -0.2) is 13.6 Å². The highest BCUT2D eigenvalue weighted by Crippen LogP contribution is 2.25. The van der Waals surface area contributed by atoms with Crippen LogP contribution in [0.1, 0.15) is 39.3 Å². The Hall–Kier alpha value is -2.50. The summed E-state index contributed by atoms with van der Waals surface area (Å²) in [5, 5.41) is 2.69. The molecule has 24 heavy (non-hydrogen) atoms. The molecule has 0 spiro atoms. The number of carbonyl (C=O) groups excluding carboxylic acids is 1. The van der Waals surface area contributed by atoms with Crippen molar-refractivity contribution in [1.82, 2.24) is 10.3 Å². The number of halogens is 2. The Labute approximate surface area is 139 Å². The van der Waals surface area contributed by atoms with Gasteiger partial charge in [-0.2, -0.15) is 0 Å². The van der Waals surface area contributed by atoms with Gasteiger partial charge in [-0.05, 0) is 51.5 Å². The number of benzene rings is 1.